The number of piperidine rings is 1. The third-order valence-electron chi connectivity index (χ3n) is 3.85. The second-order valence-electron chi connectivity index (χ2n) is 5.25. The molecule has 1 amide bonds. The maximum Gasteiger partial charge on any atom is 0.272 e. The first-order valence-electron chi connectivity index (χ1n) is 7.15. The molecule has 1 N–H and O–H groups in total. The molecule has 1 aliphatic rings. The zero-order valence-electron chi connectivity index (χ0n) is 11.7. The summed E-state index contributed by atoms with van der Waals surface area (Å²) in [6.07, 6.45) is 5.17. The molecule has 0 aliphatic carbocycles. The van der Waals surface area contributed by atoms with Crippen LogP contribution in [0.1, 0.15) is 23.3 Å². The molecular formula is C15H18N4O2. The molecular weight excluding hydrogens is 268 g/mol. The molecule has 0 unspecified atom stereocenters. The summed E-state index contributed by atoms with van der Waals surface area (Å²) in [6.45, 7) is 1.56. The summed E-state index contributed by atoms with van der Waals surface area (Å²) in [5, 5.41) is 13.3. The Balaban J connectivity index is 1.75. The van der Waals surface area contributed by atoms with E-state index in [9.17, 15) is 4.79 Å². The fourth-order valence-corrected chi connectivity index (χ4v) is 2.55. The average molecular weight is 286 g/mol. The van der Waals surface area contributed by atoms with Crippen LogP contribution in [0, 0.1) is 5.92 Å². The Morgan fingerprint density at radius 1 is 1.29 bits per heavy atom. The predicted molar refractivity (Wildman–Crippen MR) is 77.1 cm³/mol. The summed E-state index contributed by atoms with van der Waals surface area (Å²) in [4.78, 5) is 18.7. The van der Waals surface area contributed by atoms with Crippen LogP contribution in [0.4, 0.5) is 0 Å². The number of carbonyl (C=O) groups excluding carboxylic acids is 1. The van der Waals surface area contributed by atoms with E-state index in [-0.39, 0.29) is 12.5 Å². The van der Waals surface area contributed by atoms with Crippen LogP contribution < -0.4 is 0 Å². The first-order valence-corrected chi connectivity index (χ1v) is 7.15. The van der Waals surface area contributed by atoms with Gasteiger partial charge in [0.1, 0.15) is 5.69 Å². The number of rotatable bonds is 3. The van der Waals surface area contributed by atoms with Crippen LogP contribution in [-0.2, 0) is 0 Å². The second kappa shape index (κ2) is 6.05. The Labute approximate surface area is 123 Å². The molecule has 1 fully saturated rings. The minimum atomic E-state index is -0.0552. The lowest BCUT2D eigenvalue weighted by Gasteiger charge is -2.30. The third kappa shape index (κ3) is 2.95. The number of likely N-dealkylation sites (tertiary alicyclic amines) is 1. The summed E-state index contributed by atoms with van der Waals surface area (Å²) >= 11 is 0. The van der Waals surface area contributed by atoms with Gasteiger partial charge in [-0.15, -0.1) is 0 Å². The summed E-state index contributed by atoms with van der Waals surface area (Å²) in [6, 6.07) is 7.18. The van der Waals surface area contributed by atoms with Gasteiger partial charge in [-0.2, -0.15) is 5.10 Å². The highest BCUT2D eigenvalue weighted by atomic mass is 16.3. The Kier molecular flexibility index (Phi) is 3.96. The highest BCUT2D eigenvalue weighted by Crippen LogP contribution is 2.18. The molecule has 0 spiro atoms. The highest BCUT2D eigenvalue weighted by Gasteiger charge is 2.24. The van der Waals surface area contributed by atoms with Crippen molar-refractivity contribution in [2.45, 2.75) is 12.8 Å². The van der Waals surface area contributed by atoms with Crippen LogP contribution in [0.25, 0.3) is 5.82 Å². The summed E-state index contributed by atoms with van der Waals surface area (Å²) in [5.74, 6) is 0.897. The molecule has 3 rings (SSSR count). The predicted octanol–water partition coefficient (Wildman–Crippen LogP) is 1.11. The number of amides is 1. The fourth-order valence-electron chi connectivity index (χ4n) is 2.55. The minimum Gasteiger partial charge on any atom is -0.396 e. The average Bonchev–Trinajstić information content (AvgIpc) is 3.09. The SMILES string of the molecule is O=C(c1cccc(-n2cccn2)n1)N1CCC(CO)CC1. The van der Waals surface area contributed by atoms with E-state index in [1.165, 1.54) is 0 Å². The molecule has 0 saturated carbocycles. The molecule has 1 saturated heterocycles. The van der Waals surface area contributed by atoms with Crippen molar-refractivity contribution in [1.82, 2.24) is 19.7 Å². The fraction of sp³-hybridized carbons (Fsp3) is 0.400. The Morgan fingerprint density at radius 3 is 2.76 bits per heavy atom. The number of nitrogens with zero attached hydrogens (tertiary/aromatic N) is 4. The molecule has 3 heterocycles. The number of aliphatic hydroxyl groups excluding tert-OH is 1. The number of carbonyl (C=O) groups is 1. The van der Waals surface area contributed by atoms with Crippen molar-refractivity contribution in [1.29, 1.82) is 0 Å². The summed E-state index contributed by atoms with van der Waals surface area (Å²) in [7, 11) is 0. The van der Waals surface area contributed by atoms with Crippen molar-refractivity contribution in [3.05, 3.63) is 42.4 Å². The van der Waals surface area contributed by atoms with Crippen molar-refractivity contribution in [3.63, 3.8) is 0 Å². The standard InChI is InChI=1S/C15H18N4O2/c20-11-12-5-9-18(10-6-12)15(21)13-3-1-4-14(17-13)19-8-2-7-16-19/h1-4,7-8,12,20H,5-6,9-11H2. The molecule has 1 aliphatic heterocycles. The molecule has 0 bridgehead atoms. The molecule has 110 valence electrons. The molecule has 2 aromatic heterocycles. The molecule has 0 aromatic carbocycles. The molecule has 2 aromatic rings. The van der Waals surface area contributed by atoms with Crippen molar-refractivity contribution < 1.29 is 9.90 Å². The van der Waals surface area contributed by atoms with Gasteiger partial charge in [0.2, 0.25) is 0 Å². The van der Waals surface area contributed by atoms with Gasteiger partial charge < -0.3 is 10.0 Å². The number of hydrogen-bond donors (Lipinski definition) is 1. The summed E-state index contributed by atoms with van der Waals surface area (Å²) in [5.41, 5.74) is 0.436. The molecule has 6 heteroatoms. The molecule has 0 atom stereocenters. The van der Waals surface area contributed by atoms with E-state index in [1.54, 1.807) is 28.0 Å². The lowest BCUT2D eigenvalue weighted by Crippen LogP contribution is -2.39. The Bertz CT molecular complexity index is 604. The van der Waals surface area contributed by atoms with E-state index < -0.39 is 0 Å². The van der Waals surface area contributed by atoms with E-state index in [0.29, 0.717) is 30.5 Å². The highest BCUT2D eigenvalue weighted by molar-refractivity contribution is 5.92. The van der Waals surface area contributed by atoms with Crippen LogP contribution in [0.2, 0.25) is 0 Å². The first kappa shape index (κ1) is 13.8. The van der Waals surface area contributed by atoms with Gasteiger partial charge in [-0.1, -0.05) is 6.07 Å². The lowest BCUT2D eigenvalue weighted by atomic mass is 9.98. The smallest absolute Gasteiger partial charge is 0.272 e. The zero-order valence-corrected chi connectivity index (χ0v) is 11.7. The van der Waals surface area contributed by atoms with Gasteiger partial charge >= 0.3 is 0 Å². The molecule has 0 radical (unpaired) electrons. The van der Waals surface area contributed by atoms with Crippen LogP contribution in [0.5, 0.6) is 0 Å². The monoisotopic (exact) mass is 286 g/mol. The minimum absolute atomic E-state index is 0.0552. The topological polar surface area (TPSA) is 71.2 Å². The van der Waals surface area contributed by atoms with Crippen LogP contribution in [0.3, 0.4) is 0 Å². The van der Waals surface area contributed by atoms with Crippen LogP contribution in [0.15, 0.2) is 36.7 Å². The number of pyridine rings is 1. The number of aromatic nitrogens is 3. The lowest BCUT2D eigenvalue weighted by molar-refractivity contribution is 0.0645. The largest absolute Gasteiger partial charge is 0.396 e. The molecule has 21 heavy (non-hydrogen) atoms. The van der Waals surface area contributed by atoms with Gasteiger partial charge in [-0.05, 0) is 37.0 Å². The molecule has 6 nitrogen and oxygen atoms in total. The number of aliphatic hydroxyl groups is 1. The van der Waals surface area contributed by atoms with Crippen molar-refractivity contribution in [2.24, 2.45) is 5.92 Å². The van der Waals surface area contributed by atoms with Gasteiger partial charge in [-0.3, -0.25) is 4.79 Å². The van der Waals surface area contributed by atoms with Crippen LogP contribution in [-0.4, -0.2) is 50.4 Å². The Hall–Kier alpha value is -2.21. The van der Waals surface area contributed by atoms with Crippen LogP contribution >= 0.6 is 0 Å². The maximum absolute atomic E-state index is 12.5. The van der Waals surface area contributed by atoms with Gasteiger partial charge in [0, 0.05) is 32.1 Å². The Morgan fingerprint density at radius 2 is 2.10 bits per heavy atom. The maximum atomic E-state index is 12.5. The van der Waals surface area contributed by atoms with E-state index >= 15 is 0 Å². The first-order chi connectivity index (χ1) is 10.3. The normalized spacial score (nSPS) is 16.1. The van der Waals surface area contributed by atoms with Crippen molar-refractivity contribution >= 4 is 5.91 Å². The second-order valence-corrected chi connectivity index (χ2v) is 5.25. The van der Waals surface area contributed by atoms with E-state index in [1.807, 2.05) is 18.2 Å². The third-order valence-corrected chi connectivity index (χ3v) is 3.85. The van der Waals surface area contributed by atoms with E-state index in [0.717, 1.165) is 12.8 Å². The quantitative estimate of drug-likeness (QED) is 0.917. The van der Waals surface area contributed by atoms with E-state index in [4.69, 9.17) is 5.11 Å². The zero-order chi connectivity index (χ0) is 14.7. The van der Waals surface area contributed by atoms with Gasteiger partial charge in [0.05, 0.1) is 0 Å². The van der Waals surface area contributed by atoms with E-state index in [2.05, 4.69) is 10.1 Å². The van der Waals surface area contributed by atoms with Crippen molar-refractivity contribution in [2.75, 3.05) is 19.7 Å². The number of hydrogen-bond acceptors (Lipinski definition) is 4. The van der Waals surface area contributed by atoms with Crippen molar-refractivity contribution in [3.8, 4) is 5.82 Å². The van der Waals surface area contributed by atoms with Gasteiger partial charge in [-0.25, -0.2) is 9.67 Å². The summed E-state index contributed by atoms with van der Waals surface area (Å²) < 4.78 is 1.63. The van der Waals surface area contributed by atoms with Gasteiger partial charge in [0.15, 0.2) is 5.82 Å². The van der Waals surface area contributed by atoms with Gasteiger partial charge in [0.25, 0.3) is 5.91 Å².